The van der Waals surface area contributed by atoms with Crippen LogP contribution in [0.2, 0.25) is 0 Å². The highest BCUT2D eigenvalue weighted by atomic mass is 16.6. The summed E-state index contributed by atoms with van der Waals surface area (Å²) < 4.78 is 7.08. The fraction of sp³-hybridized carbons (Fsp3) is 0.737. The molecule has 6 bridgehead atoms. The molecule has 12 aliphatic rings. The van der Waals surface area contributed by atoms with Crippen LogP contribution in [0.4, 0.5) is 5.69 Å². The molecular weight excluding hydrogens is 1080 g/mol. The first kappa shape index (κ1) is 62.1. The molecule has 0 radical (unpaired) electrons. The van der Waals surface area contributed by atoms with E-state index in [1.807, 2.05) is 26.1 Å². The maximum absolute atomic E-state index is 16.6. The van der Waals surface area contributed by atoms with Crippen molar-refractivity contribution >= 4 is 17.3 Å². The minimum absolute atomic E-state index is 0.00196. The number of nitrogen functional groups attached to an aromatic ring is 1. The predicted molar refractivity (Wildman–Crippen MR) is 343 cm³/mol. The molecule has 2 heterocycles. The number of carbonyl (C=O) groups excluding carboxylic acids is 2. The average molecular weight is 1190 g/mol. The van der Waals surface area contributed by atoms with Crippen LogP contribution in [0.1, 0.15) is 205 Å². The van der Waals surface area contributed by atoms with Gasteiger partial charge >= 0.3 is 0 Å². The summed E-state index contributed by atoms with van der Waals surface area (Å²) in [7, 11) is 1.92. The summed E-state index contributed by atoms with van der Waals surface area (Å²) in [5.41, 5.74) is 9.96. The second-order valence-electron chi connectivity index (χ2n) is 32.5. The van der Waals surface area contributed by atoms with E-state index >= 15 is 9.59 Å². The molecule has 2 aromatic carbocycles. The lowest BCUT2D eigenvalue weighted by molar-refractivity contribution is -0.243. The molecule has 2 spiro atoms. The summed E-state index contributed by atoms with van der Waals surface area (Å²) in [5.74, 6) is 0.364. The number of allylic oxidation sites excluding steroid dienone is 5. The second kappa shape index (κ2) is 23.2. The Bertz CT molecular complexity index is 3040. The second-order valence-corrected chi connectivity index (χ2v) is 32.5. The standard InChI is InChI=1S/C76H109N3O8/c1-9-10-11-16-46-34-47-20-21-48(40-80)54-22-23-55(67(84)70-74(7,87-70)56-18-14-17-53(56)49-30-44(29-43(2)3)32-51(77)35-49)65(63(47)54)66-57-24-25-62-73(6)58-19-15-28-75(69(85)64(58)50-31-45(39-78-8)33-52(82)36-50)27-13-12-26-71(4,86)42-79-60(68(73)75)37-76(62,59(46)41-81)72(57,5)38-61(66)83/h15,19,22-23,30-33,35-36,43,46-48,53-56,58-60,62-65,67-68,70,78-82,84,86H,9-14,16-18,20-21,24-29,34,37-42,77H2,1-8H3. The summed E-state index contributed by atoms with van der Waals surface area (Å²) in [4.78, 5) is 33.1. The number of Topliss-reactive ketones (excluding diaryl/α,β-unsaturated/α-hetero) is 2. The van der Waals surface area contributed by atoms with Gasteiger partial charge in [-0.25, -0.2) is 0 Å². The van der Waals surface area contributed by atoms with E-state index in [-0.39, 0.29) is 114 Å². The summed E-state index contributed by atoms with van der Waals surface area (Å²) in [6.07, 6.45) is 25.4. The number of aromatic hydroxyl groups is 1. The molecule has 10 aliphatic carbocycles. The Hall–Kier alpha value is -3.68. The Morgan fingerprint density at radius 1 is 0.874 bits per heavy atom. The molecule has 14 rings (SSSR count). The van der Waals surface area contributed by atoms with Gasteiger partial charge in [-0.1, -0.05) is 122 Å². The van der Waals surface area contributed by atoms with Crippen molar-refractivity contribution in [1.29, 1.82) is 0 Å². The Morgan fingerprint density at radius 2 is 1.67 bits per heavy atom. The number of ketones is 2. The Labute approximate surface area is 521 Å². The molecule has 11 nitrogen and oxygen atoms in total. The zero-order valence-corrected chi connectivity index (χ0v) is 54.2. The van der Waals surface area contributed by atoms with Gasteiger partial charge in [0.2, 0.25) is 0 Å². The number of fused-ring (bicyclic) bond motifs is 3. The fourth-order valence-electron chi connectivity index (χ4n) is 24.3. The van der Waals surface area contributed by atoms with Gasteiger partial charge in [0, 0.05) is 61.2 Å². The summed E-state index contributed by atoms with van der Waals surface area (Å²) >= 11 is 0. The first-order chi connectivity index (χ1) is 41.6. The first-order valence-corrected chi connectivity index (χ1v) is 35.2. The maximum Gasteiger partial charge on any atom is 0.160 e. The van der Waals surface area contributed by atoms with Crippen molar-refractivity contribution in [3.05, 3.63) is 94.1 Å². The number of aliphatic hydroxyl groups excluding tert-OH is 3. The summed E-state index contributed by atoms with van der Waals surface area (Å²) in [6.45, 7) is 17.1. The van der Waals surface area contributed by atoms with Crippen LogP contribution < -0.4 is 16.4 Å². The van der Waals surface area contributed by atoms with E-state index in [0.717, 1.165) is 119 Å². The average Bonchev–Trinajstić information content (AvgIpc) is 1.64. The third-order valence-corrected chi connectivity index (χ3v) is 27.4. The number of unbranched alkanes of at least 4 members (excludes halogenated alkanes) is 2. The molecule has 23 atom stereocenters. The number of anilines is 1. The van der Waals surface area contributed by atoms with Crippen LogP contribution in [0, 0.1) is 98.6 Å². The summed E-state index contributed by atoms with van der Waals surface area (Å²) in [5, 5.41) is 69.5. The van der Waals surface area contributed by atoms with Crippen molar-refractivity contribution in [2.24, 2.45) is 98.6 Å². The van der Waals surface area contributed by atoms with Crippen molar-refractivity contribution in [2.45, 2.75) is 225 Å². The molecule has 9 N–H and O–H groups in total. The van der Waals surface area contributed by atoms with Crippen LogP contribution in [0.15, 0.2) is 71.8 Å². The number of phenolic OH excluding ortho intramolecular Hbond substituents is 1. The van der Waals surface area contributed by atoms with Gasteiger partial charge in [0.25, 0.3) is 0 Å². The zero-order chi connectivity index (χ0) is 61.3. The number of nitrogens with two attached hydrogens (primary N) is 1. The van der Waals surface area contributed by atoms with Gasteiger partial charge < -0.3 is 46.6 Å². The molecule has 23 unspecified atom stereocenters. The van der Waals surface area contributed by atoms with E-state index in [0.29, 0.717) is 51.1 Å². The number of epoxide rings is 1. The molecule has 11 heteroatoms. The zero-order valence-electron chi connectivity index (χ0n) is 54.2. The fourth-order valence-corrected chi connectivity index (χ4v) is 24.3. The highest BCUT2D eigenvalue weighted by Crippen LogP contribution is 2.81. The van der Waals surface area contributed by atoms with E-state index in [9.17, 15) is 25.5 Å². The number of β-amino-alcohol motifs (C(OH)–C–C–N with tert-alkyl or cyclic N) is 1. The Balaban J connectivity index is 0.988. The van der Waals surface area contributed by atoms with Gasteiger partial charge in [0.1, 0.15) is 17.6 Å². The molecule has 476 valence electrons. The minimum atomic E-state index is -0.974. The molecule has 2 aliphatic heterocycles. The van der Waals surface area contributed by atoms with Crippen molar-refractivity contribution in [2.75, 3.05) is 32.5 Å². The van der Waals surface area contributed by atoms with Crippen LogP contribution in [0.5, 0.6) is 5.75 Å². The lowest BCUT2D eigenvalue weighted by Crippen LogP contribution is -2.75. The number of hydrogen-bond acceptors (Lipinski definition) is 11. The number of phenols is 1. The number of benzene rings is 2. The number of carbonyl (C=O) groups is 2. The quantitative estimate of drug-likeness (QED) is 0.0366. The largest absolute Gasteiger partial charge is 0.508 e. The van der Waals surface area contributed by atoms with Crippen LogP contribution in [0.25, 0.3) is 0 Å². The van der Waals surface area contributed by atoms with Crippen molar-refractivity contribution in [3.8, 4) is 5.75 Å². The Morgan fingerprint density at radius 3 is 2.43 bits per heavy atom. The molecule has 0 aromatic heterocycles. The molecule has 7 fully saturated rings. The smallest absolute Gasteiger partial charge is 0.160 e. The third kappa shape index (κ3) is 9.76. The van der Waals surface area contributed by atoms with Crippen LogP contribution in [-0.2, 0) is 27.3 Å². The van der Waals surface area contributed by atoms with Crippen molar-refractivity contribution in [3.63, 3.8) is 0 Å². The topological polar surface area (TPSA) is 198 Å². The third-order valence-electron chi connectivity index (χ3n) is 27.4. The number of ether oxygens (including phenoxy) is 1. The lowest BCUT2D eigenvalue weighted by Gasteiger charge is -2.75. The monoisotopic (exact) mass is 1190 g/mol. The van der Waals surface area contributed by atoms with E-state index in [1.54, 1.807) is 0 Å². The highest BCUT2D eigenvalue weighted by molar-refractivity contribution is 6.01. The van der Waals surface area contributed by atoms with Crippen LogP contribution in [0.3, 0.4) is 0 Å². The lowest BCUT2D eigenvalue weighted by atomic mass is 9.29. The SMILES string of the molecule is CCCCCC1CC2CCC(CO)C3C=CC(C(O)C4OC4(C)C4CCCC4c4cc(N)cc(CC(C)C)c4)C(C4=C5CCC6C7(C)C8C=CCC9(CCCCC(C)(O)CNC(CC6(C1CO)C5(C)CC4=O)C97)C(=O)C8c1cc(O)cc(CNC)c1)C23. The predicted octanol–water partition coefficient (Wildman–Crippen LogP) is 12.5. The first-order valence-electron chi connectivity index (χ1n) is 35.2. The molecule has 0 amide bonds. The molecule has 2 saturated heterocycles. The van der Waals surface area contributed by atoms with Gasteiger partial charge in [-0.3, -0.25) is 9.59 Å². The number of nitrogens with one attached hydrogen (secondary N) is 2. The van der Waals surface area contributed by atoms with Gasteiger partial charge in [-0.2, -0.15) is 0 Å². The molecular formula is C76H109N3O8. The van der Waals surface area contributed by atoms with E-state index < -0.39 is 51.0 Å². The molecule has 87 heavy (non-hydrogen) atoms. The summed E-state index contributed by atoms with van der Waals surface area (Å²) in [6, 6.07) is 12.3. The Kier molecular flexibility index (Phi) is 16.5. The van der Waals surface area contributed by atoms with Crippen LogP contribution >= 0.6 is 0 Å². The maximum atomic E-state index is 16.6. The number of aliphatic hydroxyl groups is 4. The van der Waals surface area contributed by atoms with Gasteiger partial charge in [0.15, 0.2) is 5.78 Å². The van der Waals surface area contributed by atoms with Gasteiger partial charge in [0.05, 0.1) is 23.2 Å². The van der Waals surface area contributed by atoms with Crippen molar-refractivity contribution < 1.29 is 39.9 Å². The molecule has 5 saturated carbocycles. The molecule has 2 aromatic rings. The van der Waals surface area contributed by atoms with Crippen LogP contribution in [-0.4, -0.2) is 93.4 Å². The highest BCUT2D eigenvalue weighted by Gasteiger charge is 2.78. The van der Waals surface area contributed by atoms with Gasteiger partial charge in [-0.15, -0.1) is 0 Å². The van der Waals surface area contributed by atoms with Crippen molar-refractivity contribution in [1.82, 2.24) is 10.6 Å². The minimum Gasteiger partial charge on any atom is -0.508 e. The van der Waals surface area contributed by atoms with Gasteiger partial charge in [-0.05, 0) is 238 Å². The number of hydrogen-bond donors (Lipinski definition) is 8. The van der Waals surface area contributed by atoms with E-state index in [1.165, 1.54) is 16.7 Å². The van der Waals surface area contributed by atoms with E-state index in [2.05, 4.69) is 101 Å². The number of rotatable bonds is 15. The van der Waals surface area contributed by atoms with E-state index in [4.69, 9.17) is 10.5 Å². The normalized spacial score (nSPS) is 44.9.